The van der Waals surface area contributed by atoms with Gasteiger partial charge in [0.1, 0.15) is 10.7 Å². The quantitative estimate of drug-likeness (QED) is 0.782. The molecule has 0 saturated carbocycles. The second kappa shape index (κ2) is 3.90. The first-order chi connectivity index (χ1) is 7.09. The van der Waals surface area contributed by atoms with Crippen LogP contribution in [-0.4, -0.2) is 28.6 Å². The summed E-state index contributed by atoms with van der Waals surface area (Å²) in [4.78, 5) is 17.4. The fourth-order valence-corrected chi connectivity index (χ4v) is 2.11. The molecule has 0 aromatic carbocycles. The minimum atomic E-state index is -0.854. The standard InChI is InChI=1S/C10H11BrN2O2/c1-6-7(2-3-9(11)12-6)13-5-4-8(14)10(13)15/h2-3,8,14H,4-5H2,1H3. The zero-order valence-corrected chi connectivity index (χ0v) is 9.86. The monoisotopic (exact) mass is 270 g/mol. The fraction of sp³-hybridized carbons (Fsp3) is 0.400. The van der Waals surface area contributed by atoms with E-state index in [2.05, 4.69) is 20.9 Å². The Morgan fingerprint density at radius 1 is 1.60 bits per heavy atom. The van der Waals surface area contributed by atoms with E-state index >= 15 is 0 Å². The highest BCUT2D eigenvalue weighted by Crippen LogP contribution is 2.25. The highest BCUT2D eigenvalue weighted by atomic mass is 79.9. The van der Waals surface area contributed by atoms with Crippen molar-refractivity contribution < 1.29 is 9.90 Å². The molecule has 1 amide bonds. The van der Waals surface area contributed by atoms with Crippen LogP contribution in [0.1, 0.15) is 12.1 Å². The Kier molecular flexibility index (Phi) is 2.75. The van der Waals surface area contributed by atoms with Crippen molar-refractivity contribution in [3.8, 4) is 0 Å². The number of hydrogen-bond donors (Lipinski definition) is 1. The van der Waals surface area contributed by atoms with Gasteiger partial charge in [-0.05, 0) is 35.0 Å². The third-order valence-electron chi connectivity index (χ3n) is 2.49. The molecule has 0 spiro atoms. The summed E-state index contributed by atoms with van der Waals surface area (Å²) in [5.41, 5.74) is 1.56. The first kappa shape index (κ1) is 10.6. The molecule has 5 heteroatoms. The SMILES string of the molecule is Cc1nc(Br)ccc1N1CCC(O)C1=O. The van der Waals surface area contributed by atoms with E-state index < -0.39 is 6.10 Å². The molecule has 0 radical (unpaired) electrons. The van der Waals surface area contributed by atoms with Crippen molar-refractivity contribution in [1.82, 2.24) is 4.98 Å². The van der Waals surface area contributed by atoms with E-state index in [9.17, 15) is 9.90 Å². The summed E-state index contributed by atoms with van der Waals surface area (Å²) < 4.78 is 0.746. The topological polar surface area (TPSA) is 53.4 Å². The number of aliphatic hydroxyl groups excluding tert-OH is 1. The number of carbonyl (C=O) groups excluding carboxylic acids is 1. The lowest BCUT2D eigenvalue weighted by Crippen LogP contribution is -2.29. The first-order valence-electron chi connectivity index (χ1n) is 4.72. The van der Waals surface area contributed by atoms with Crippen molar-refractivity contribution >= 4 is 27.5 Å². The second-order valence-electron chi connectivity index (χ2n) is 3.53. The zero-order chi connectivity index (χ0) is 11.0. The molecular weight excluding hydrogens is 260 g/mol. The van der Waals surface area contributed by atoms with Gasteiger partial charge in [-0.3, -0.25) is 4.79 Å². The molecule has 1 aromatic rings. The van der Waals surface area contributed by atoms with Crippen LogP contribution in [0, 0.1) is 6.92 Å². The third-order valence-corrected chi connectivity index (χ3v) is 2.93. The summed E-state index contributed by atoms with van der Waals surface area (Å²) in [5, 5.41) is 9.35. The van der Waals surface area contributed by atoms with Crippen LogP contribution in [0.2, 0.25) is 0 Å². The van der Waals surface area contributed by atoms with Gasteiger partial charge in [0.05, 0.1) is 11.4 Å². The number of aliphatic hydroxyl groups is 1. The summed E-state index contributed by atoms with van der Waals surface area (Å²) in [6.45, 7) is 2.40. The van der Waals surface area contributed by atoms with E-state index in [1.54, 1.807) is 11.0 Å². The Bertz CT molecular complexity index is 408. The maximum absolute atomic E-state index is 11.6. The minimum absolute atomic E-state index is 0.234. The molecule has 0 bridgehead atoms. The van der Waals surface area contributed by atoms with E-state index in [1.807, 2.05) is 13.0 Å². The largest absolute Gasteiger partial charge is 0.383 e. The lowest BCUT2D eigenvalue weighted by molar-refractivity contribution is -0.124. The Morgan fingerprint density at radius 3 is 2.87 bits per heavy atom. The molecule has 4 nitrogen and oxygen atoms in total. The van der Waals surface area contributed by atoms with Gasteiger partial charge in [0.2, 0.25) is 0 Å². The number of carbonyl (C=O) groups is 1. The van der Waals surface area contributed by atoms with Crippen LogP contribution in [0.15, 0.2) is 16.7 Å². The van der Waals surface area contributed by atoms with Crippen molar-refractivity contribution in [2.75, 3.05) is 11.4 Å². The van der Waals surface area contributed by atoms with E-state index in [0.717, 1.165) is 16.0 Å². The van der Waals surface area contributed by atoms with Crippen LogP contribution in [0.25, 0.3) is 0 Å². The van der Waals surface area contributed by atoms with Crippen molar-refractivity contribution in [2.24, 2.45) is 0 Å². The number of anilines is 1. The Hall–Kier alpha value is -0.940. The van der Waals surface area contributed by atoms with Gasteiger partial charge in [0.25, 0.3) is 5.91 Å². The minimum Gasteiger partial charge on any atom is -0.383 e. The average Bonchev–Trinajstić information content (AvgIpc) is 2.49. The molecule has 0 aliphatic carbocycles. The highest BCUT2D eigenvalue weighted by molar-refractivity contribution is 9.10. The molecule has 1 aliphatic rings. The van der Waals surface area contributed by atoms with Crippen molar-refractivity contribution in [2.45, 2.75) is 19.4 Å². The van der Waals surface area contributed by atoms with Gasteiger partial charge in [0.15, 0.2) is 0 Å². The van der Waals surface area contributed by atoms with E-state index in [-0.39, 0.29) is 5.91 Å². The molecule has 1 aliphatic heterocycles. The van der Waals surface area contributed by atoms with E-state index in [0.29, 0.717) is 13.0 Å². The summed E-state index contributed by atoms with van der Waals surface area (Å²) >= 11 is 3.27. The Morgan fingerprint density at radius 2 is 2.33 bits per heavy atom. The zero-order valence-electron chi connectivity index (χ0n) is 8.27. The van der Waals surface area contributed by atoms with Crippen LogP contribution in [-0.2, 0) is 4.79 Å². The maximum atomic E-state index is 11.6. The smallest absolute Gasteiger partial charge is 0.255 e. The lowest BCUT2D eigenvalue weighted by Gasteiger charge is -2.17. The molecule has 1 N–H and O–H groups in total. The molecule has 15 heavy (non-hydrogen) atoms. The van der Waals surface area contributed by atoms with Gasteiger partial charge >= 0.3 is 0 Å². The fourth-order valence-electron chi connectivity index (χ4n) is 1.71. The lowest BCUT2D eigenvalue weighted by atomic mass is 10.3. The Labute approximate surface area is 96.1 Å². The maximum Gasteiger partial charge on any atom is 0.255 e. The van der Waals surface area contributed by atoms with Crippen molar-refractivity contribution in [1.29, 1.82) is 0 Å². The summed E-state index contributed by atoms with van der Waals surface area (Å²) in [7, 11) is 0. The van der Waals surface area contributed by atoms with Gasteiger partial charge in [-0.2, -0.15) is 0 Å². The van der Waals surface area contributed by atoms with Gasteiger partial charge < -0.3 is 10.0 Å². The molecule has 1 aromatic heterocycles. The van der Waals surface area contributed by atoms with Crippen molar-refractivity contribution in [3.05, 3.63) is 22.4 Å². The number of hydrogen-bond acceptors (Lipinski definition) is 3. The number of aryl methyl sites for hydroxylation is 1. The van der Waals surface area contributed by atoms with Crippen LogP contribution in [0.3, 0.4) is 0 Å². The van der Waals surface area contributed by atoms with Crippen LogP contribution in [0.5, 0.6) is 0 Å². The molecule has 1 saturated heterocycles. The molecular formula is C10H11BrN2O2. The molecule has 80 valence electrons. The van der Waals surface area contributed by atoms with Gasteiger partial charge in [-0.15, -0.1) is 0 Å². The van der Waals surface area contributed by atoms with Crippen LogP contribution >= 0.6 is 15.9 Å². The van der Waals surface area contributed by atoms with E-state index in [4.69, 9.17) is 0 Å². The second-order valence-corrected chi connectivity index (χ2v) is 4.35. The molecule has 1 atom stereocenters. The summed E-state index contributed by atoms with van der Waals surface area (Å²) in [5.74, 6) is -0.234. The molecule has 2 heterocycles. The number of rotatable bonds is 1. The van der Waals surface area contributed by atoms with E-state index in [1.165, 1.54) is 0 Å². The summed E-state index contributed by atoms with van der Waals surface area (Å²) in [6, 6.07) is 3.63. The van der Waals surface area contributed by atoms with Crippen molar-refractivity contribution in [3.63, 3.8) is 0 Å². The predicted octanol–water partition coefficient (Wildman–Crippen LogP) is 1.25. The third kappa shape index (κ3) is 1.89. The molecule has 1 fully saturated rings. The van der Waals surface area contributed by atoms with Gasteiger partial charge in [0, 0.05) is 13.0 Å². The normalized spacial score (nSPS) is 21.1. The number of nitrogens with zero attached hydrogens (tertiary/aromatic N) is 2. The van der Waals surface area contributed by atoms with Gasteiger partial charge in [-0.1, -0.05) is 0 Å². The number of aromatic nitrogens is 1. The summed E-state index contributed by atoms with van der Waals surface area (Å²) in [6.07, 6.45) is -0.359. The molecule has 1 unspecified atom stereocenters. The number of amides is 1. The van der Waals surface area contributed by atoms with Gasteiger partial charge in [-0.25, -0.2) is 4.98 Å². The molecule has 2 rings (SSSR count). The number of pyridine rings is 1. The predicted molar refractivity (Wildman–Crippen MR) is 59.7 cm³/mol. The highest BCUT2D eigenvalue weighted by Gasteiger charge is 2.31. The average molecular weight is 271 g/mol. The van der Waals surface area contributed by atoms with Crippen LogP contribution < -0.4 is 4.90 Å². The first-order valence-corrected chi connectivity index (χ1v) is 5.51. The van der Waals surface area contributed by atoms with Crippen LogP contribution in [0.4, 0.5) is 5.69 Å². The number of halogens is 1. The Balaban J connectivity index is 2.34.